The Labute approximate surface area is 79.6 Å². The lowest BCUT2D eigenvalue weighted by Gasteiger charge is -2.12. The molecule has 72 valence electrons. The van der Waals surface area contributed by atoms with E-state index in [0.29, 0.717) is 0 Å². The van der Waals surface area contributed by atoms with Crippen molar-refractivity contribution in [3.63, 3.8) is 0 Å². The third kappa shape index (κ3) is 2.52. The van der Waals surface area contributed by atoms with Gasteiger partial charge in [0, 0.05) is 12.4 Å². The van der Waals surface area contributed by atoms with E-state index in [0.717, 1.165) is 30.4 Å². The molecule has 1 heterocycles. The maximum Gasteiger partial charge on any atom is 0.0793 e. The van der Waals surface area contributed by atoms with Gasteiger partial charge in [-0.05, 0) is 30.0 Å². The van der Waals surface area contributed by atoms with Crippen LogP contribution in [0.15, 0.2) is 18.5 Å². The van der Waals surface area contributed by atoms with Crippen LogP contribution in [0.5, 0.6) is 0 Å². The van der Waals surface area contributed by atoms with Crippen LogP contribution in [0.2, 0.25) is 0 Å². The van der Waals surface area contributed by atoms with Gasteiger partial charge in [0.25, 0.3) is 0 Å². The number of hydrogen-bond acceptors (Lipinski definition) is 2. The fraction of sp³-hybridized carbons (Fsp3) is 0.545. The Morgan fingerprint density at radius 2 is 2.23 bits per heavy atom. The Balaban J connectivity index is 2.85. The van der Waals surface area contributed by atoms with E-state index in [1.165, 1.54) is 0 Å². The van der Waals surface area contributed by atoms with Crippen molar-refractivity contribution in [3.8, 4) is 0 Å². The normalized spacial score (nSPS) is 12.8. The first-order valence-corrected chi connectivity index (χ1v) is 4.90. The second kappa shape index (κ2) is 4.97. The van der Waals surface area contributed by atoms with E-state index in [1.807, 2.05) is 12.3 Å². The van der Waals surface area contributed by atoms with Gasteiger partial charge in [0.2, 0.25) is 0 Å². The summed E-state index contributed by atoms with van der Waals surface area (Å²) >= 11 is 0. The monoisotopic (exact) mass is 179 g/mol. The minimum atomic E-state index is -0.317. The average Bonchev–Trinajstić information content (AvgIpc) is 2.18. The van der Waals surface area contributed by atoms with E-state index in [9.17, 15) is 5.11 Å². The molecule has 1 rings (SSSR count). The molecule has 1 atom stereocenters. The van der Waals surface area contributed by atoms with Crippen LogP contribution in [0.3, 0.4) is 0 Å². The van der Waals surface area contributed by atoms with Gasteiger partial charge in [0.1, 0.15) is 0 Å². The van der Waals surface area contributed by atoms with Gasteiger partial charge in [-0.3, -0.25) is 4.98 Å². The van der Waals surface area contributed by atoms with E-state index < -0.39 is 0 Å². The van der Waals surface area contributed by atoms with E-state index >= 15 is 0 Å². The van der Waals surface area contributed by atoms with Crippen LogP contribution in [-0.2, 0) is 6.42 Å². The number of nitrogens with zero attached hydrogens (tertiary/aromatic N) is 1. The molecule has 0 fully saturated rings. The number of aromatic nitrogens is 1. The molecule has 1 N–H and O–H groups in total. The van der Waals surface area contributed by atoms with Crippen LogP contribution in [0, 0.1) is 0 Å². The molecule has 0 aromatic carbocycles. The van der Waals surface area contributed by atoms with Crippen LogP contribution in [-0.4, -0.2) is 10.1 Å². The van der Waals surface area contributed by atoms with Gasteiger partial charge < -0.3 is 5.11 Å². The first kappa shape index (κ1) is 10.2. The lowest BCUT2D eigenvalue weighted by atomic mass is 10.0. The summed E-state index contributed by atoms with van der Waals surface area (Å²) in [7, 11) is 0. The van der Waals surface area contributed by atoms with Crippen molar-refractivity contribution < 1.29 is 5.11 Å². The van der Waals surface area contributed by atoms with Crippen molar-refractivity contribution in [2.75, 3.05) is 0 Å². The standard InChI is InChI=1S/C11H17NO/c1-3-5-11(13)10-6-7-12-8-9(10)4-2/h6-8,11,13H,3-5H2,1-2H3/t11-/m0/s1. The predicted octanol–water partition coefficient (Wildman–Crippen LogP) is 2.48. The molecule has 0 unspecified atom stereocenters. The topological polar surface area (TPSA) is 33.1 Å². The number of aliphatic hydroxyl groups excluding tert-OH is 1. The van der Waals surface area contributed by atoms with Crippen LogP contribution in [0.4, 0.5) is 0 Å². The first-order valence-electron chi connectivity index (χ1n) is 4.90. The van der Waals surface area contributed by atoms with Crippen molar-refractivity contribution in [2.24, 2.45) is 0 Å². The third-order valence-electron chi connectivity index (χ3n) is 2.24. The zero-order valence-corrected chi connectivity index (χ0v) is 8.33. The first-order chi connectivity index (χ1) is 6.29. The van der Waals surface area contributed by atoms with Gasteiger partial charge in [0.05, 0.1) is 6.10 Å². The molecule has 0 saturated heterocycles. The van der Waals surface area contributed by atoms with Crippen molar-refractivity contribution >= 4 is 0 Å². The molecular formula is C11H17NO. The predicted molar refractivity (Wildman–Crippen MR) is 53.5 cm³/mol. The minimum absolute atomic E-state index is 0.317. The average molecular weight is 179 g/mol. The van der Waals surface area contributed by atoms with Gasteiger partial charge in [-0.2, -0.15) is 0 Å². The quantitative estimate of drug-likeness (QED) is 0.770. The molecule has 13 heavy (non-hydrogen) atoms. The largest absolute Gasteiger partial charge is 0.388 e. The highest BCUT2D eigenvalue weighted by atomic mass is 16.3. The molecule has 2 heteroatoms. The summed E-state index contributed by atoms with van der Waals surface area (Å²) in [4.78, 5) is 4.05. The van der Waals surface area contributed by atoms with Crippen molar-refractivity contribution in [3.05, 3.63) is 29.6 Å². The molecular weight excluding hydrogens is 162 g/mol. The van der Waals surface area contributed by atoms with E-state index in [1.54, 1.807) is 6.20 Å². The Kier molecular flexibility index (Phi) is 3.90. The lowest BCUT2D eigenvalue weighted by molar-refractivity contribution is 0.165. The van der Waals surface area contributed by atoms with Crippen molar-refractivity contribution in [1.29, 1.82) is 0 Å². The molecule has 0 radical (unpaired) electrons. The van der Waals surface area contributed by atoms with Gasteiger partial charge >= 0.3 is 0 Å². The second-order valence-corrected chi connectivity index (χ2v) is 3.23. The second-order valence-electron chi connectivity index (χ2n) is 3.23. The SMILES string of the molecule is CCC[C@H](O)c1ccncc1CC. The Morgan fingerprint density at radius 1 is 1.46 bits per heavy atom. The van der Waals surface area contributed by atoms with Gasteiger partial charge in [0.15, 0.2) is 0 Å². The molecule has 2 nitrogen and oxygen atoms in total. The van der Waals surface area contributed by atoms with Gasteiger partial charge in [-0.15, -0.1) is 0 Å². The van der Waals surface area contributed by atoms with Crippen LogP contribution < -0.4 is 0 Å². The molecule has 0 spiro atoms. The van der Waals surface area contributed by atoms with Crippen molar-refractivity contribution in [2.45, 2.75) is 39.2 Å². The summed E-state index contributed by atoms with van der Waals surface area (Å²) in [5.41, 5.74) is 2.20. The van der Waals surface area contributed by atoms with Gasteiger partial charge in [-0.1, -0.05) is 20.3 Å². The Hall–Kier alpha value is -0.890. The molecule has 0 aliphatic carbocycles. The summed E-state index contributed by atoms with van der Waals surface area (Å²) in [6, 6.07) is 1.92. The molecule has 1 aromatic heterocycles. The molecule has 0 saturated carbocycles. The maximum atomic E-state index is 9.80. The molecule has 0 bridgehead atoms. The summed E-state index contributed by atoms with van der Waals surface area (Å²) < 4.78 is 0. The summed E-state index contributed by atoms with van der Waals surface area (Å²) in [6.45, 7) is 4.16. The Bertz CT molecular complexity index is 260. The Morgan fingerprint density at radius 3 is 2.85 bits per heavy atom. The fourth-order valence-corrected chi connectivity index (χ4v) is 1.49. The summed E-state index contributed by atoms with van der Waals surface area (Å²) in [5.74, 6) is 0. The smallest absolute Gasteiger partial charge is 0.0793 e. The molecule has 0 amide bonds. The number of pyridine rings is 1. The zero-order valence-electron chi connectivity index (χ0n) is 8.33. The van der Waals surface area contributed by atoms with E-state index in [-0.39, 0.29) is 6.10 Å². The number of aryl methyl sites for hydroxylation is 1. The van der Waals surface area contributed by atoms with Crippen molar-refractivity contribution in [1.82, 2.24) is 4.98 Å². The van der Waals surface area contributed by atoms with Gasteiger partial charge in [-0.25, -0.2) is 0 Å². The number of aliphatic hydroxyl groups is 1. The van der Waals surface area contributed by atoms with E-state index in [4.69, 9.17) is 0 Å². The van der Waals surface area contributed by atoms with E-state index in [2.05, 4.69) is 18.8 Å². The maximum absolute atomic E-state index is 9.80. The highest BCUT2D eigenvalue weighted by Gasteiger charge is 2.09. The lowest BCUT2D eigenvalue weighted by Crippen LogP contribution is -2.01. The molecule has 0 aliphatic rings. The van der Waals surface area contributed by atoms with Crippen LogP contribution in [0.1, 0.15) is 43.9 Å². The fourth-order valence-electron chi connectivity index (χ4n) is 1.49. The molecule has 1 aromatic rings. The van der Waals surface area contributed by atoms with Crippen LogP contribution in [0.25, 0.3) is 0 Å². The minimum Gasteiger partial charge on any atom is -0.388 e. The molecule has 0 aliphatic heterocycles. The summed E-state index contributed by atoms with van der Waals surface area (Å²) in [5, 5.41) is 9.80. The third-order valence-corrected chi connectivity index (χ3v) is 2.24. The zero-order chi connectivity index (χ0) is 9.68. The highest BCUT2D eigenvalue weighted by Crippen LogP contribution is 2.21. The highest BCUT2D eigenvalue weighted by molar-refractivity contribution is 5.25. The van der Waals surface area contributed by atoms with Crippen LogP contribution >= 0.6 is 0 Å². The number of hydrogen-bond donors (Lipinski definition) is 1. The number of rotatable bonds is 4. The summed E-state index contributed by atoms with van der Waals surface area (Å²) in [6.07, 6.45) is 6.04.